The molecule has 1 unspecified atom stereocenters. The molecule has 3 nitrogen and oxygen atoms in total. The van der Waals surface area contributed by atoms with E-state index in [0.29, 0.717) is 0 Å². The summed E-state index contributed by atoms with van der Waals surface area (Å²) >= 11 is 0. The smallest absolute Gasteiger partial charge is 0.0113 e. The quantitative estimate of drug-likeness (QED) is 0.677. The average Bonchev–Trinajstić information content (AvgIpc) is 3.30. The Morgan fingerprint density at radius 3 is 2.42 bits per heavy atom. The fourth-order valence-corrected chi connectivity index (χ4v) is 3.23. The van der Waals surface area contributed by atoms with Gasteiger partial charge in [-0.3, -0.25) is 4.90 Å². The maximum atomic E-state index is 3.62. The van der Waals surface area contributed by atoms with Crippen molar-refractivity contribution in [3.63, 3.8) is 0 Å². The first-order valence-corrected chi connectivity index (χ1v) is 8.51. The van der Waals surface area contributed by atoms with E-state index in [1.165, 1.54) is 77.8 Å². The predicted molar refractivity (Wildman–Crippen MR) is 80.5 cm³/mol. The van der Waals surface area contributed by atoms with Crippen molar-refractivity contribution < 1.29 is 0 Å². The lowest BCUT2D eigenvalue weighted by Gasteiger charge is -2.38. The Morgan fingerprint density at radius 2 is 1.79 bits per heavy atom. The molecule has 0 radical (unpaired) electrons. The van der Waals surface area contributed by atoms with Gasteiger partial charge in [0.15, 0.2) is 0 Å². The normalized spacial score (nSPS) is 27.6. The summed E-state index contributed by atoms with van der Waals surface area (Å²) in [5.74, 6) is 1.05. The summed E-state index contributed by atoms with van der Waals surface area (Å²) in [7, 11) is 0. The molecule has 3 aliphatic rings. The molecule has 0 amide bonds. The Bertz CT molecular complexity index is 265. The van der Waals surface area contributed by atoms with Crippen LogP contribution >= 0.6 is 0 Å². The molecule has 19 heavy (non-hydrogen) atoms. The summed E-state index contributed by atoms with van der Waals surface area (Å²) in [6.45, 7) is 10.2. The molecule has 1 heterocycles. The fraction of sp³-hybridized carbons (Fsp3) is 1.00. The van der Waals surface area contributed by atoms with Crippen LogP contribution in [0.1, 0.15) is 45.4 Å². The monoisotopic (exact) mass is 265 g/mol. The van der Waals surface area contributed by atoms with Crippen LogP contribution in [0.5, 0.6) is 0 Å². The lowest BCUT2D eigenvalue weighted by atomic mass is 10.1. The number of nitrogens with one attached hydrogen (secondary N) is 1. The van der Waals surface area contributed by atoms with Crippen molar-refractivity contribution in [3.8, 4) is 0 Å². The van der Waals surface area contributed by atoms with E-state index in [4.69, 9.17) is 0 Å². The molecule has 0 aromatic heterocycles. The number of hydrogen-bond donors (Lipinski definition) is 1. The Kier molecular flexibility index (Phi) is 4.78. The molecule has 3 rings (SSSR count). The lowest BCUT2D eigenvalue weighted by molar-refractivity contribution is 0.0951. The SMILES string of the molecule is CC(CCCNC1CC1)N1CCN(CC2CC2)CC1. The van der Waals surface area contributed by atoms with Crippen LogP contribution in [0.15, 0.2) is 0 Å². The molecule has 1 saturated heterocycles. The van der Waals surface area contributed by atoms with Crippen LogP contribution in [-0.4, -0.2) is 61.2 Å². The van der Waals surface area contributed by atoms with Crippen LogP contribution in [0.3, 0.4) is 0 Å². The van der Waals surface area contributed by atoms with Crippen molar-refractivity contribution in [2.24, 2.45) is 5.92 Å². The first-order valence-electron chi connectivity index (χ1n) is 8.51. The first-order chi connectivity index (χ1) is 9.31. The Labute approximate surface area is 118 Å². The molecule has 0 spiro atoms. The largest absolute Gasteiger partial charge is 0.314 e. The van der Waals surface area contributed by atoms with E-state index in [9.17, 15) is 0 Å². The molecule has 0 aromatic carbocycles. The molecule has 1 atom stereocenters. The van der Waals surface area contributed by atoms with Gasteiger partial charge in [-0.2, -0.15) is 0 Å². The first kappa shape index (κ1) is 13.8. The Morgan fingerprint density at radius 1 is 1.05 bits per heavy atom. The van der Waals surface area contributed by atoms with Gasteiger partial charge in [0.1, 0.15) is 0 Å². The maximum Gasteiger partial charge on any atom is 0.0113 e. The molecular weight excluding hydrogens is 234 g/mol. The molecule has 110 valence electrons. The van der Waals surface area contributed by atoms with Gasteiger partial charge >= 0.3 is 0 Å². The van der Waals surface area contributed by atoms with Gasteiger partial charge in [0.2, 0.25) is 0 Å². The third kappa shape index (κ3) is 4.73. The Hall–Kier alpha value is -0.120. The van der Waals surface area contributed by atoms with Crippen LogP contribution in [0, 0.1) is 5.92 Å². The number of nitrogens with zero attached hydrogens (tertiary/aromatic N) is 2. The zero-order chi connectivity index (χ0) is 13.1. The van der Waals surface area contributed by atoms with Crippen LogP contribution in [0.25, 0.3) is 0 Å². The molecule has 1 N–H and O–H groups in total. The highest BCUT2D eigenvalue weighted by atomic mass is 15.3. The van der Waals surface area contributed by atoms with E-state index in [1.54, 1.807) is 0 Å². The van der Waals surface area contributed by atoms with Gasteiger partial charge in [0.25, 0.3) is 0 Å². The van der Waals surface area contributed by atoms with Crippen molar-refractivity contribution in [3.05, 3.63) is 0 Å². The number of piperazine rings is 1. The number of hydrogen-bond acceptors (Lipinski definition) is 3. The van der Waals surface area contributed by atoms with Gasteiger partial charge in [-0.1, -0.05) is 0 Å². The van der Waals surface area contributed by atoms with E-state index in [2.05, 4.69) is 22.0 Å². The van der Waals surface area contributed by atoms with Crippen LogP contribution in [0.2, 0.25) is 0 Å². The minimum atomic E-state index is 0.782. The summed E-state index contributed by atoms with van der Waals surface area (Å²) in [5, 5.41) is 3.62. The summed E-state index contributed by atoms with van der Waals surface area (Å²) < 4.78 is 0. The minimum Gasteiger partial charge on any atom is -0.314 e. The second-order valence-electron chi connectivity index (χ2n) is 7.00. The number of rotatable bonds is 8. The highest BCUT2D eigenvalue weighted by Crippen LogP contribution is 2.30. The minimum absolute atomic E-state index is 0.782. The van der Waals surface area contributed by atoms with E-state index in [1.807, 2.05) is 0 Å². The van der Waals surface area contributed by atoms with Crippen molar-refractivity contribution in [2.75, 3.05) is 39.3 Å². The maximum absolute atomic E-state index is 3.62. The molecule has 1 aliphatic heterocycles. The van der Waals surface area contributed by atoms with Crippen molar-refractivity contribution >= 4 is 0 Å². The van der Waals surface area contributed by atoms with E-state index in [0.717, 1.165) is 18.0 Å². The van der Waals surface area contributed by atoms with Gasteiger partial charge < -0.3 is 10.2 Å². The van der Waals surface area contributed by atoms with Crippen LogP contribution < -0.4 is 5.32 Å². The van der Waals surface area contributed by atoms with Crippen molar-refractivity contribution in [2.45, 2.75) is 57.5 Å². The molecule has 0 aromatic rings. The van der Waals surface area contributed by atoms with Crippen molar-refractivity contribution in [1.82, 2.24) is 15.1 Å². The predicted octanol–water partition coefficient (Wildman–Crippen LogP) is 1.93. The van der Waals surface area contributed by atoms with E-state index < -0.39 is 0 Å². The zero-order valence-corrected chi connectivity index (χ0v) is 12.6. The zero-order valence-electron chi connectivity index (χ0n) is 12.6. The van der Waals surface area contributed by atoms with Crippen LogP contribution in [-0.2, 0) is 0 Å². The summed E-state index contributed by atoms with van der Waals surface area (Å²) in [4.78, 5) is 5.40. The second kappa shape index (κ2) is 6.55. The third-order valence-electron chi connectivity index (χ3n) is 5.05. The summed E-state index contributed by atoms with van der Waals surface area (Å²) in [6, 6.07) is 1.66. The van der Waals surface area contributed by atoms with Gasteiger partial charge in [-0.05, 0) is 57.9 Å². The van der Waals surface area contributed by atoms with Gasteiger partial charge in [0.05, 0.1) is 0 Å². The van der Waals surface area contributed by atoms with Gasteiger partial charge in [-0.25, -0.2) is 0 Å². The Balaban J connectivity index is 1.26. The average molecular weight is 265 g/mol. The highest BCUT2D eigenvalue weighted by Gasteiger charge is 2.27. The standard InChI is InChI=1S/C16H31N3/c1-14(3-2-8-17-16-6-7-16)19-11-9-18(10-12-19)13-15-4-5-15/h14-17H,2-13H2,1H3. The topological polar surface area (TPSA) is 18.5 Å². The van der Waals surface area contributed by atoms with Crippen molar-refractivity contribution in [1.29, 1.82) is 0 Å². The van der Waals surface area contributed by atoms with Crippen LogP contribution in [0.4, 0.5) is 0 Å². The van der Waals surface area contributed by atoms with E-state index >= 15 is 0 Å². The van der Waals surface area contributed by atoms with Gasteiger partial charge in [0, 0.05) is 44.8 Å². The molecule has 2 aliphatic carbocycles. The lowest BCUT2D eigenvalue weighted by Crippen LogP contribution is -2.50. The third-order valence-corrected chi connectivity index (χ3v) is 5.05. The van der Waals surface area contributed by atoms with E-state index in [-0.39, 0.29) is 0 Å². The van der Waals surface area contributed by atoms with Gasteiger partial charge in [-0.15, -0.1) is 0 Å². The molecular formula is C16H31N3. The summed E-state index contributed by atoms with van der Waals surface area (Å²) in [5.41, 5.74) is 0. The molecule has 0 bridgehead atoms. The molecule has 3 heteroatoms. The fourth-order valence-electron chi connectivity index (χ4n) is 3.23. The highest BCUT2D eigenvalue weighted by molar-refractivity contribution is 4.83. The molecule has 3 fully saturated rings. The second-order valence-corrected chi connectivity index (χ2v) is 7.00. The molecule has 2 saturated carbocycles. The summed E-state index contributed by atoms with van der Waals surface area (Å²) in [6.07, 6.45) is 8.52.